The van der Waals surface area contributed by atoms with E-state index in [2.05, 4.69) is 23.2 Å². The molecule has 0 atom stereocenters. The number of hydrogen-bond acceptors (Lipinski definition) is 3. The minimum Gasteiger partial charge on any atom is -0.495 e. The molecule has 0 spiro atoms. The monoisotopic (exact) mass is 304 g/mol. The Hall–Kier alpha value is -1.71. The fraction of sp³-hybridized carbons (Fsp3) is 0.294. The molecule has 2 aromatic carbocycles. The van der Waals surface area contributed by atoms with Gasteiger partial charge in [-0.05, 0) is 30.3 Å². The first-order valence-electron chi connectivity index (χ1n) is 7.03. The molecule has 0 heterocycles. The van der Waals surface area contributed by atoms with Crippen molar-refractivity contribution >= 4 is 23.0 Å². The third-order valence-corrected chi connectivity index (χ3v) is 3.72. The number of hydrogen-bond donors (Lipinski definition) is 1. The van der Waals surface area contributed by atoms with E-state index in [9.17, 15) is 0 Å². The number of benzene rings is 2. The molecule has 0 fully saturated rings. The SMILES string of the molecule is CCNCc1cccc(Cl)c1N(C)c1ccccc1OC. The van der Waals surface area contributed by atoms with Crippen LogP contribution in [0.15, 0.2) is 42.5 Å². The van der Waals surface area contributed by atoms with Crippen LogP contribution in [0.25, 0.3) is 0 Å². The van der Waals surface area contributed by atoms with Gasteiger partial charge in [-0.25, -0.2) is 0 Å². The largest absolute Gasteiger partial charge is 0.495 e. The number of para-hydroxylation sites is 3. The van der Waals surface area contributed by atoms with Gasteiger partial charge < -0.3 is 15.0 Å². The maximum Gasteiger partial charge on any atom is 0.142 e. The van der Waals surface area contributed by atoms with Crippen molar-refractivity contribution in [2.75, 3.05) is 25.6 Å². The quantitative estimate of drug-likeness (QED) is 0.864. The van der Waals surface area contributed by atoms with Gasteiger partial charge in [0.05, 0.1) is 23.5 Å². The Kier molecular flexibility index (Phi) is 5.48. The second-order valence-electron chi connectivity index (χ2n) is 4.76. The predicted molar refractivity (Wildman–Crippen MR) is 89.9 cm³/mol. The number of methoxy groups -OCH3 is 1. The lowest BCUT2D eigenvalue weighted by Gasteiger charge is -2.25. The maximum absolute atomic E-state index is 6.44. The number of anilines is 2. The lowest BCUT2D eigenvalue weighted by molar-refractivity contribution is 0.415. The van der Waals surface area contributed by atoms with Crippen LogP contribution in [-0.2, 0) is 6.54 Å². The summed E-state index contributed by atoms with van der Waals surface area (Å²) in [6, 6.07) is 13.9. The summed E-state index contributed by atoms with van der Waals surface area (Å²) in [6.07, 6.45) is 0. The molecule has 0 saturated heterocycles. The molecular weight excluding hydrogens is 284 g/mol. The Balaban J connectivity index is 2.44. The summed E-state index contributed by atoms with van der Waals surface area (Å²) in [5.41, 5.74) is 3.16. The van der Waals surface area contributed by atoms with Crippen LogP contribution in [0.2, 0.25) is 5.02 Å². The van der Waals surface area contributed by atoms with Crippen molar-refractivity contribution in [3.05, 3.63) is 53.1 Å². The summed E-state index contributed by atoms with van der Waals surface area (Å²) >= 11 is 6.44. The van der Waals surface area contributed by atoms with Crippen molar-refractivity contribution in [2.45, 2.75) is 13.5 Å². The van der Waals surface area contributed by atoms with Gasteiger partial charge in [-0.15, -0.1) is 0 Å². The molecule has 0 saturated carbocycles. The lowest BCUT2D eigenvalue weighted by Crippen LogP contribution is -2.18. The predicted octanol–water partition coefficient (Wildman–Crippen LogP) is 4.23. The molecule has 21 heavy (non-hydrogen) atoms. The van der Waals surface area contributed by atoms with Crippen molar-refractivity contribution in [1.29, 1.82) is 0 Å². The van der Waals surface area contributed by atoms with E-state index in [1.54, 1.807) is 7.11 Å². The number of rotatable bonds is 6. The Bertz CT molecular complexity index is 601. The molecule has 112 valence electrons. The summed E-state index contributed by atoms with van der Waals surface area (Å²) in [7, 11) is 3.69. The normalized spacial score (nSPS) is 10.5. The molecule has 0 aliphatic carbocycles. The van der Waals surface area contributed by atoms with Crippen LogP contribution in [0, 0.1) is 0 Å². The number of nitrogens with one attached hydrogen (secondary N) is 1. The highest BCUT2D eigenvalue weighted by molar-refractivity contribution is 6.33. The van der Waals surface area contributed by atoms with E-state index < -0.39 is 0 Å². The van der Waals surface area contributed by atoms with Crippen molar-refractivity contribution in [1.82, 2.24) is 5.32 Å². The first kappa shape index (κ1) is 15.7. The van der Waals surface area contributed by atoms with E-state index in [-0.39, 0.29) is 0 Å². The Morgan fingerprint density at radius 1 is 1.14 bits per heavy atom. The van der Waals surface area contributed by atoms with E-state index in [4.69, 9.17) is 16.3 Å². The van der Waals surface area contributed by atoms with Gasteiger partial charge in [-0.2, -0.15) is 0 Å². The van der Waals surface area contributed by atoms with Crippen LogP contribution in [0.4, 0.5) is 11.4 Å². The van der Waals surface area contributed by atoms with E-state index >= 15 is 0 Å². The molecule has 0 aromatic heterocycles. The average Bonchev–Trinajstić information content (AvgIpc) is 2.52. The summed E-state index contributed by atoms with van der Waals surface area (Å²) in [5.74, 6) is 0.828. The smallest absolute Gasteiger partial charge is 0.142 e. The summed E-state index contributed by atoms with van der Waals surface area (Å²) in [4.78, 5) is 2.08. The summed E-state index contributed by atoms with van der Waals surface area (Å²) in [5, 5.41) is 4.09. The van der Waals surface area contributed by atoms with E-state index in [0.29, 0.717) is 0 Å². The van der Waals surface area contributed by atoms with E-state index in [0.717, 1.165) is 40.8 Å². The Labute approximate surface area is 131 Å². The van der Waals surface area contributed by atoms with Gasteiger partial charge >= 0.3 is 0 Å². The van der Waals surface area contributed by atoms with Crippen molar-refractivity contribution in [2.24, 2.45) is 0 Å². The van der Waals surface area contributed by atoms with Crippen LogP contribution >= 0.6 is 11.6 Å². The molecular formula is C17H21ClN2O. The summed E-state index contributed by atoms with van der Waals surface area (Å²) < 4.78 is 5.45. The van der Waals surface area contributed by atoms with Crippen molar-refractivity contribution < 1.29 is 4.74 Å². The first-order chi connectivity index (χ1) is 10.2. The second-order valence-corrected chi connectivity index (χ2v) is 5.17. The zero-order chi connectivity index (χ0) is 15.2. The fourth-order valence-corrected chi connectivity index (χ4v) is 2.69. The maximum atomic E-state index is 6.44. The molecule has 0 unspecified atom stereocenters. The molecule has 0 amide bonds. The van der Waals surface area contributed by atoms with Gasteiger partial charge in [0.15, 0.2) is 0 Å². The number of halogens is 1. The molecule has 1 N–H and O–H groups in total. The van der Waals surface area contributed by atoms with Crippen molar-refractivity contribution in [3.63, 3.8) is 0 Å². The molecule has 0 radical (unpaired) electrons. The zero-order valence-corrected chi connectivity index (χ0v) is 13.4. The van der Waals surface area contributed by atoms with Gasteiger partial charge in [-0.3, -0.25) is 0 Å². The highest BCUT2D eigenvalue weighted by Gasteiger charge is 2.15. The van der Waals surface area contributed by atoms with Gasteiger partial charge in [0.2, 0.25) is 0 Å². The topological polar surface area (TPSA) is 24.5 Å². The molecule has 3 nitrogen and oxygen atoms in total. The molecule has 0 aliphatic heterocycles. The van der Waals surface area contributed by atoms with E-state index in [1.807, 2.05) is 43.4 Å². The molecule has 2 aromatic rings. The van der Waals surface area contributed by atoms with Crippen molar-refractivity contribution in [3.8, 4) is 5.75 Å². The second kappa shape index (κ2) is 7.34. The van der Waals surface area contributed by atoms with E-state index in [1.165, 1.54) is 0 Å². The van der Waals surface area contributed by atoms with Crippen LogP contribution in [0.1, 0.15) is 12.5 Å². The summed E-state index contributed by atoms with van der Waals surface area (Å²) in [6.45, 7) is 3.80. The molecule has 2 rings (SSSR count). The van der Waals surface area contributed by atoms with Crippen LogP contribution in [0.5, 0.6) is 5.75 Å². The minimum atomic E-state index is 0.735. The highest BCUT2D eigenvalue weighted by Crippen LogP contribution is 2.38. The standard InChI is InChI=1S/C17H21ClN2O/c1-4-19-12-13-8-7-9-14(18)17(13)20(2)15-10-5-6-11-16(15)21-3/h5-11,19H,4,12H2,1-3H3. The number of ether oxygens (including phenoxy) is 1. The van der Waals surface area contributed by atoms with Crippen LogP contribution in [-0.4, -0.2) is 20.7 Å². The highest BCUT2D eigenvalue weighted by atomic mass is 35.5. The first-order valence-corrected chi connectivity index (χ1v) is 7.41. The Morgan fingerprint density at radius 3 is 2.62 bits per heavy atom. The van der Waals surface area contributed by atoms with Crippen LogP contribution < -0.4 is 15.0 Å². The minimum absolute atomic E-state index is 0.735. The molecule has 0 bridgehead atoms. The average molecular weight is 305 g/mol. The van der Waals surface area contributed by atoms with Gasteiger partial charge in [0.1, 0.15) is 5.75 Å². The third kappa shape index (κ3) is 3.49. The zero-order valence-electron chi connectivity index (χ0n) is 12.7. The van der Waals surface area contributed by atoms with Gasteiger partial charge in [0.25, 0.3) is 0 Å². The molecule has 4 heteroatoms. The number of nitrogens with zero attached hydrogens (tertiary/aromatic N) is 1. The van der Waals surface area contributed by atoms with Gasteiger partial charge in [-0.1, -0.05) is 42.8 Å². The fourth-order valence-electron chi connectivity index (χ4n) is 2.37. The lowest BCUT2D eigenvalue weighted by atomic mass is 10.1. The third-order valence-electron chi connectivity index (χ3n) is 3.42. The molecule has 0 aliphatic rings. The Morgan fingerprint density at radius 2 is 1.90 bits per heavy atom. The van der Waals surface area contributed by atoms with Crippen LogP contribution in [0.3, 0.4) is 0 Å². The van der Waals surface area contributed by atoms with Gasteiger partial charge in [0, 0.05) is 13.6 Å².